The summed E-state index contributed by atoms with van der Waals surface area (Å²) in [6, 6.07) is 54.6. The molecule has 0 saturated carbocycles. The Hall–Kier alpha value is -5.47. The molecular weight excluding hydrogens is 520 g/mol. The minimum Gasteiger partial charge on any atom is -0.292 e. The lowest BCUT2D eigenvalue weighted by Gasteiger charge is -2.20. The Morgan fingerprint density at radius 1 is 0.488 bits per heavy atom. The monoisotopic (exact) mass is 550 g/mol. The number of rotatable bonds is 5. The SMILES string of the molecule is CCc1ccc2c(-c3ccccc3)c3cc(-n4c(-c5ccccc5)nc5ccccc54)ccc3c(-c3ccccc3)c2c1. The Morgan fingerprint density at radius 2 is 1.02 bits per heavy atom. The third-order valence-corrected chi connectivity index (χ3v) is 8.55. The number of benzene rings is 7. The van der Waals surface area contributed by atoms with Crippen LogP contribution in [0.3, 0.4) is 0 Å². The van der Waals surface area contributed by atoms with Gasteiger partial charge in [0.2, 0.25) is 0 Å². The number of aromatic nitrogens is 2. The van der Waals surface area contributed by atoms with E-state index in [4.69, 9.17) is 4.98 Å². The summed E-state index contributed by atoms with van der Waals surface area (Å²) in [5, 5.41) is 5.05. The average Bonchev–Trinajstić information content (AvgIpc) is 3.47. The Labute approximate surface area is 251 Å². The highest BCUT2D eigenvalue weighted by molar-refractivity contribution is 6.21. The van der Waals surface area contributed by atoms with Gasteiger partial charge in [-0.3, -0.25) is 4.57 Å². The van der Waals surface area contributed by atoms with Crippen molar-refractivity contribution in [3.8, 4) is 39.3 Å². The molecule has 0 fully saturated rings. The van der Waals surface area contributed by atoms with Crippen molar-refractivity contribution in [2.75, 3.05) is 0 Å². The van der Waals surface area contributed by atoms with Gasteiger partial charge in [0.05, 0.1) is 11.0 Å². The summed E-state index contributed by atoms with van der Waals surface area (Å²) >= 11 is 0. The number of hydrogen-bond acceptors (Lipinski definition) is 1. The number of aryl methyl sites for hydroxylation is 1. The van der Waals surface area contributed by atoms with Crippen LogP contribution in [0.5, 0.6) is 0 Å². The van der Waals surface area contributed by atoms with Gasteiger partial charge < -0.3 is 0 Å². The topological polar surface area (TPSA) is 17.8 Å². The molecule has 0 unspecified atom stereocenters. The molecule has 0 N–H and O–H groups in total. The van der Waals surface area contributed by atoms with Gasteiger partial charge in [-0.15, -0.1) is 0 Å². The molecule has 0 aliphatic rings. The number of para-hydroxylation sites is 2. The third kappa shape index (κ3) is 4.23. The van der Waals surface area contributed by atoms with E-state index in [9.17, 15) is 0 Å². The molecule has 0 aliphatic carbocycles. The van der Waals surface area contributed by atoms with Crippen molar-refractivity contribution in [3.05, 3.63) is 157 Å². The molecule has 0 spiro atoms. The van der Waals surface area contributed by atoms with Crippen LogP contribution in [0.2, 0.25) is 0 Å². The van der Waals surface area contributed by atoms with E-state index >= 15 is 0 Å². The second kappa shape index (κ2) is 10.4. The van der Waals surface area contributed by atoms with Crippen LogP contribution in [0.4, 0.5) is 0 Å². The standard InChI is InChI=1S/C41H30N2/c1-2-28-22-24-33-35(26-28)39(29-14-6-3-7-15-29)34-25-23-32(27-36(34)40(33)30-16-8-4-9-17-30)43-38-21-13-12-20-37(38)42-41(43)31-18-10-5-11-19-31/h3-27H,2H2,1H3. The Morgan fingerprint density at radius 3 is 1.65 bits per heavy atom. The van der Waals surface area contributed by atoms with Gasteiger partial charge >= 0.3 is 0 Å². The first-order valence-corrected chi connectivity index (χ1v) is 15.0. The van der Waals surface area contributed by atoms with Crippen LogP contribution in [-0.2, 0) is 6.42 Å². The molecule has 204 valence electrons. The summed E-state index contributed by atoms with van der Waals surface area (Å²) in [5.41, 5.74) is 10.6. The molecule has 0 bridgehead atoms. The van der Waals surface area contributed by atoms with E-state index in [0.29, 0.717) is 0 Å². The highest BCUT2D eigenvalue weighted by atomic mass is 15.1. The quantitative estimate of drug-likeness (QED) is 0.195. The van der Waals surface area contributed by atoms with Gasteiger partial charge in [-0.2, -0.15) is 0 Å². The second-order valence-corrected chi connectivity index (χ2v) is 11.1. The fourth-order valence-corrected chi connectivity index (χ4v) is 6.52. The summed E-state index contributed by atoms with van der Waals surface area (Å²) in [6.45, 7) is 2.23. The van der Waals surface area contributed by atoms with Gasteiger partial charge in [-0.25, -0.2) is 4.98 Å². The molecule has 0 aliphatic heterocycles. The largest absolute Gasteiger partial charge is 0.292 e. The van der Waals surface area contributed by atoms with Crippen molar-refractivity contribution in [1.82, 2.24) is 9.55 Å². The maximum absolute atomic E-state index is 5.12. The fourth-order valence-electron chi connectivity index (χ4n) is 6.52. The predicted octanol–water partition coefficient (Wildman–Crippen LogP) is 10.9. The highest BCUT2D eigenvalue weighted by Gasteiger charge is 2.20. The maximum Gasteiger partial charge on any atom is 0.145 e. The molecule has 0 saturated heterocycles. The van der Waals surface area contributed by atoms with Gasteiger partial charge in [0.15, 0.2) is 0 Å². The number of imidazole rings is 1. The molecule has 8 rings (SSSR count). The normalized spacial score (nSPS) is 11.5. The number of fused-ring (bicyclic) bond motifs is 3. The average molecular weight is 551 g/mol. The van der Waals surface area contributed by atoms with Gasteiger partial charge in [0.25, 0.3) is 0 Å². The predicted molar refractivity (Wildman–Crippen MR) is 182 cm³/mol. The van der Waals surface area contributed by atoms with E-state index in [1.807, 2.05) is 0 Å². The van der Waals surface area contributed by atoms with Crippen LogP contribution in [0, 0.1) is 0 Å². The van der Waals surface area contributed by atoms with Gasteiger partial charge in [0, 0.05) is 11.3 Å². The van der Waals surface area contributed by atoms with Gasteiger partial charge in [-0.1, -0.05) is 134 Å². The summed E-state index contributed by atoms with van der Waals surface area (Å²) in [5.74, 6) is 0.944. The minimum atomic E-state index is 0.944. The van der Waals surface area contributed by atoms with E-state index in [1.165, 1.54) is 49.4 Å². The van der Waals surface area contributed by atoms with Crippen LogP contribution in [0.25, 0.3) is 71.9 Å². The lowest BCUT2D eigenvalue weighted by molar-refractivity contribution is 1.11. The number of nitrogens with zero attached hydrogens (tertiary/aromatic N) is 2. The molecule has 1 heterocycles. The first-order chi connectivity index (χ1) is 21.3. The smallest absolute Gasteiger partial charge is 0.145 e. The van der Waals surface area contributed by atoms with Crippen LogP contribution in [0.1, 0.15) is 12.5 Å². The van der Waals surface area contributed by atoms with Crippen LogP contribution < -0.4 is 0 Å². The second-order valence-electron chi connectivity index (χ2n) is 11.1. The fraction of sp³-hybridized carbons (Fsp3) is 0.0488. The zero-order chi connectivity index (χ0) is 28.8. The molecule has 1 aromatic heterocycles. The summed E-state index contributed by atoms with van der Waals surface area (Å²) in [6.07, 6.45) is 0.998. The zero-order valence-corrected chi connectivity index (χ0v) is 24.0. The van der Waals surface area contributed by atoms with Crippen molar-refractivity contribution in [2.45, 2.75) is 13.3 Å². The Bertz CT molecular complexity index is 2250. The molecule has 0 radical (unpaired) electrons. The maximum atomic E-state index is 5.12. The van der Waals surface area contributed by atoms with Crippen LogP contribution >= 0.6 is 0 Å². The summed E-state index contributed by atoms with van der Waals surface area (Å²) in [4.78, 5) is 5.12. The summed E-state index contributed by atoms with van der Waals surface area (Å²) < 4.78 is 2.31. The number of hydrogen-bond donors (Lipinski definition) is 0. The molecule has 0 amide bonds. The molecule has 2 heteroatoms. The van der Waals surface area contributed by atoms with E-state index in [1.54, 1.807) is 0 Å². The van der Waals surface area contributed by atoms with Crippen molar-refractivity contribution in [1.29, 1.82) is 0 Å². The Kier molecular flexibility index (Phi) is 6.12. The third-order valence-electron chi connectivity index (χ3n) is 8.55. The van der Waals surface area contributed by atoms with Crippen molar-refractivity contribution in [2.24, 2.45) is 0 Å². The van der Waals surface area contributed by atoms with E-state index in [0.717, 1.165) is 34.5 Å². The Balaban J connectivity index is 1.52. The van der Waals surface area contributed by atoms with Crippen LogP contribution in [0.15, 0.2) is 152 Å². The molecule has 8 aromatic rings. The molecule has 2 nitrogen and oxygen atoms in total. The minimum absolute atomic E-state index is 0.944. The molecular formula is C41H30N2. The van der Waals surface area contributed by atoms with E-state index < -0.39 is 0 Å². The van der Waals surface area contributed by atoms with Crippen molar-refractivity contribution in [3.63, 3.8) is 0 Å². The van der Waals surface area contributed by atoms with Crippen molar-refractivity contribution >= 4 is 32.6 Å². The molecule has 7 aromatic carbocycles. The van der Waals surface area contributed by atoms with Crippen molar-refractivity contribution < 1.29 is 0 Å². The summed E-state index contributed by atoms with van der Waals surface area (Å²) in [7, 11) is 0. The zero-order valence-electron chi connectivity index (χ0n) is 24.0. The first kappa shape index (κ1) is 25.3. The lowest BCUT2D eigenvalue weighted by atomic mass is 9.85. The first-order valence-electron chi connectivity index (χ1n) is 15.0. The lowest BCUT2D eigenvalue weighted by Crippen LogP contribution is -1.99. The molecule has 0 atom stereocenters. The van der Waals surface area contributed by atoms with Crippen LogP contribution in [-0.4, -0.2) is 9.55 Å². The van der Waals surface area contributed by atoms with Gasteiger partial charge in [0.1, 0.15) is 5.82 Å². The van der Waals surface area contributed by atoms with Gasteiger partial charge in [-0.05, 0) is 80.0 Å². The van der Waals surface area contributed by atoms with E-state index in [-0.39, 0.29) is 0 Å². The molecule has 43 heavy (non-hydrogen) atoms. The highest BCUT2D eigenvalue weighted by Crippen LogP contribution is 2.45. The van der Waals surface area contributed by atoms with E-state index in [2.05, 4.69) is 163 Å².